The second-order valence-corrected chi connectivity index (χ2v) is 4.33. The average Bonchev–Trinajstić information content (AvgIpc) is 2.79. The first kappa shape index (κ1) is 13.9. The zero-order valence-corrected chi connectivity index (χ0v) is 10.2. The van der Waals surface area contributed by atoms with Gasteiger partial charge in [0.15, 0.2) is 0 Å². The van der Waals surface area contributed by atoms with Crippen LogP contribution in [0.25, 0.3) is 0 Å². The van der Waals surface area contributed by atoms with Crippen LogP contribution in [0.3, 0.4) is 0 Å². The predicted molar refractivity (Wildman–Crippen MR) is 60.7 cm³/mol. The number of aliphatic carboxylic acids is 1. The predicted octanol–water partition coefficient (Wildman–Crippen LogP) is 0.954. The highest BCUT2D eigenvalue weighted by Crippen LogP contribution is 2.17. The van der Waals surface area contributed by atoms with Gasteiger partial charge in [0.1, 0.15) is 5.82 Å². The van der Waals surface area contributed by atoms with Gasteiger partial charge in [0, 0.05) is 25.0 Å². The number of alkyl halides is 2. The van der Waals surface area contributed by atoms with E-state index in [9.17, 15) is 13.6 Å². The Bertz CT molecular complexity index is 439. The van der Waals surface area contributed by atoms with Gasteiger partial charge in [0.05, 0.1) is 26.2 Å². The zero-order valence-electron chi connectivity index (χ0n) is 10.2. The lowest BCUT2D eigenvalue weighted by atomic mass is 10.1. The van der Waals surface area contributed by atoms with Crippen LogP contribution in [0, 0.1) is 0 Å². The van der Waals surface area contributed by atoms with Crippen molar-refractivity contribution in [3.63, 3.8) is 0 Å². The summed E-state index contributed by atoms with van der Waals surface area (Å²) >= 11 is 0. The molecule has 6 nitrogen and oxygen atoms in total. The highest BCUT2D eigenvalue weighted by molar-refractivity contribution is 5.67. The summed E-state index contributed by atoms with van der Waals surface area (Å²) in [7, 11) is 0. The molecule has 0 aromatic carbocycles. The van der Waals surface area contributed by atoms with Crippen molar-refractivity contribution in [2.45, 2.75) is 25.6 Å². The molecule has 1 aromatic rings. The quantitative estimate of drug-likeness (QED) is 0.866. The minimum Gasteiger partial charge on any atom is -0.481 e. The second-order valence-electron chi connectivity index (χ2n) is 4.33. The number of rotatable bonds is 5. The molecule has 1 atom stereocenters. The van der Waals surface area contributed by atoms with E-state index in [-0.39, 0.29) is 24.8 Å². The summed E-state index contributed by atoms with van der Waals surface area (Å²) in [5.41, 5.74) is 0. The van der Waals surface area contributed by atoms with Crippen LogP contribution in [0.2, 0.25) is 0 Å². The van der Waals surface area contributed by atoms with E-state index in [1.807, 2.05) is 4.90 Å². The summed E-state index contributed by atoms with van der Waals surface area (Å²) in [6.45, 7) is -1.18. The van der Waals surface area contributed by atoms with Crippen LogP contribution in [-0.4, -0.2) is 51.3 Å². The van der Waals surface area contributed by atoms with Crippen molar-refractivity contribution in [1.29, 1.82) is 0 Å². The fourth-order valence-electron chi connectivity index (χ4n) is 2.11. The van der Waals surface area contributed by atoms with Crippen LogP contribution in [0.5, 0.6) is 0 Å². The number of ether oxygens (including phenoxy) is 1. The van der Waals surface area contributed by atoms with Crippen molar-refractivity contribution in [3.8, 4) is 0 Å². The Morgan fingerprint density at radius 2 is 2.42 bits per heavy atom. The number of hydrogen-bond acceptors (Lipinski definition) is 4. The molecule has 0 amide bonds. The molecule has 0 saturated carbocycles. The number of aromatic nitrogens is 2. The van der Waals surface area contributed by atoms with Gasteiger partial charge >= 0.3 is 12.5 Å². The molecule has 19 heavy (non-hydrogen) atoms. The molecule has 1 aliphatic heterocycles. The van der Waals surface area contributed by atoms with E-state index in [4.69, 9.17) is 9.84 Å². The smallest absolute Gasteiger partial charge is 0.319 e. The summed E-state index contributed by atoms with van der Waals surface area (Å²) in [6, 6.07) is -0.311. The van der Waals surface area contributed by atoms with Crippen molar-refractivity contribution in [3.05, 3.63) is 18.2 Å². The first-order valence-corrected chi connectivity index (χ1v) is 5.91. The molecule has 1 saturated heterocycles. The molecule has 0 bridgehead atoms. The van der Waals surface area contributed by atoms with Gasteiger partial charge in [-0.3, -0.25) is 14.3 Å². The fraction of sp³-hybridized carbons (Fsp3) is 0.636. The Balaban J connectivity index is 2.06. The van der Waals surface area contributed by atoms with Gasteiger partial charge in [-0.2, -0.15) is 8.78 Å². The Morgan fingerprint density at radius 3 is 3.11 bits per heavy atom. The first-order chi connectivity index (χ1) is 9.08. The van der Waals surface area contributed by atoms with E-state index in [1.165, 1.54) is 12.4 Å². The lowest BCUT2D eigenvalue weighted by molar-refractivity contribution is -0.140. The maximum Gasteiger partial charge on any atom is 0.319 e. The third-order valence-corrected chi connectivity index (χ3v) is 3.06. The van der Waals surface area contributed by atoms with Crippen LogP contribution < -0.4 is 0 Å². The molecule has 0 spiro atoms. The SMILES string of the molecule is O=C(O)CC1COCCN1Cc1nccn1C(F)F. The molecule has 106 valence electrons. The molecule has 0 radical (unpaired) electrons. The van der Waals surface area contributed by atoms with E-state index in [0.717, 1.165) is 4.57 Å². The standard InChI is InChI=1S/C11H15F2N3O3/c12-11(13)16-2-1-14-9(16)6-15-3-4-19-7-8(15)5-10(17)18/h1-2,8,11H,3-7H2,(H,17,18). The normalized spacial score (nSPS) is 20.9. The monoisotopic (exact) mass is 275 g/mol. The molecule has 2 rings (SSSR count). The summed E-state index contributed by atoms with van der Waals surface area (Å²) < 4.78 is 31.4. The van der Waals surface area contributed by atoms with Crippen molar-refractivity contribution in [2.24, 2.45) is 0 Å². The third kappa shape index (κ3) is 3.48. The maximum atomic E-state index is 12.7. The zero-order chi connectivity index (χ0) is 13.8. The lowest BCUT2D eigenvalue weighted by Gasteiger charge is -2.34. The van der Waals surface area contributed by atoms with E-state index < -0.39 is 12.5 Å². The van der Waals surface area contributed by atoms with Crippen molar-refractivity contribution >= 4 is 5.97 Å². The average molecular weight is 275 g/mol. The lowest BCUT2D eigenvalue weighted by Crippen LogP contribution is -2.46. The van der Waals surface area contributed by atoms with Crippen LogP contribution in [-0.2, 0) is 16.1 Å². The minimum atomic E-state index is -2.64. The first-order valence-electron chi connectivity index (χ1n) is 5.91. The van der Waals surface area contributed by atoms with Crippen LogP contribution in [0.1, 0.15) is 18.8 Å². The van der Waals surface area contributed by atoms with Gasteiger partial charge in [-0.15, -0.1) is 0 Å². The van der Waals surface area contributed by atoms with Crippen LogP contribution >= 0.6 is 0 Å². The number of imidazole rings is 1. The summed E-state index contributed by atoms with van der Waals surface area (Å²) in [5.74, 6) is -0.704. The molecular formula is C11H15F2N3O3. The Hall–Kier alpha value is -1.54. The van der Waals surface area contributed by atoms with Gasteiger partial charge in [-0.1, -0.05) is 0 Å². The maximum absolute atomic E-state index is 12.7. The summed E-state index contributed by atoms with van der Waals surface area (Å²) in [5, 5.41) is 8.83. The number of hydrogen-bond donors (Lipinski definition) is 1. The fourth-order valence-corrected chi connectivity index (χ4v) is 2.11. The van der Waals surface area contributed by atoms with E-state index in [1.54, 1.807) is 0 Å². The minimum absolute atomic E-state index is 0.0740. The molecule has 1 fully saturated rings. The topological polar surface area (TPSA) is 67.6 Å². The van der Waals surface area contributed by atoms with Crippen LogP contribution in [0.15, 0.2) is 12.4 Å². The number of morpholine rings is 1. The summed E-state index contributed by atoms with van der Waals surface area (Å²) in [6.07, 6.45) is 2.45. The van der Waals surface area contributed by atoms with Gasteiger partial charge in [0.25, 0.3) is 0 Å². The van der Waals surface area contributed by atoms with Gasteiger partial charge in [-0.05, 0) is 0 Å². The van der Waals surface area contributed by atoms with E-state index in [0.29, 0.717) is 19.8 Å². The highest BCUT2D eigenvalue weighted by atomic mass is 19.3. The van der Waals surface area contributed by atoms with Crippen molar-refractivity contribution in [2.75, 3.05) is 19.8 Å². The number of halogens is 2. The number of carboxylic acids is 1. The van der Waals surface area contributed by atoms with Gasteiger partial charge in [-0.25, -0.2) is 4.98 Å². The van der Waals surface area contributed by atoms with Crippen molar-refractivity contribution < 1.29 is 23.4 Å². The Morgan fingerprint density at radius 1 is 1.63 bits per heavy atom. The third-order valence-electron chi connectivity index (χ3n) is 3.06. The van der Waals surface area contributed by atoms with E-state index in [2.05, 4.69) is 4.98 Å². The highest BCUT2D eigenvalue weighted by Gasteiger charge is 2.27. The summed E-state index contributed by atoms with van der Waals surface area (Å²) in [4.78, 5) is 16.5. The van der Waals surface area contributed by atoms with Gasteiger partial charge in [0.2, 0.25) is 0 Å². The molecule has 1 aromatic heterocycles. The largest absolute Gasteiger partial charge is 0.481 e. The number of carboxylic acid groups (broad SMARTS) is 1. The van der Waals surface area contributed by atoms with Crippen LogP contribution in [0.4, 0.5) is 8.78 Å². The Labute approximate surface area is 108 Å². The number of nitrogens with zero attached hydrogens (tertiary/aromatic N) is 3. The van der Waals surface area contributed by atoms with E-state index >= 15 is 0 Å². The molecule has 1 unspecified atom stereocenters. The van der Waals surface area contributed by atoms with Gasteiger partial charge < -0.3 is 9.84 Å². The molecular weight excluding hydrogens is 260 g/mol. The Kier molecular flexibility index (Phi) is 4.43. The van der Waals surface area contributed by atoms with Crippen molar-refractivity contribution in [1.82, 2.24) is 14.5 Å². The number of carbonyl (C=O) groups is 1. The molecule has 0 aliphatic carbocycles. The second kappa shape index (κ2) is 6.07. The molecule has 2 heterocycles. The molecule has 1 N–H and O–H groups in total. The molecule has 8 heteroatoms. The molecule has 1 aliphatic rings.